The summed E-state index contributed by atoms with van der Waals surface area (Å²) in [5, 5.41) is 7.84. The fourth-order valence-corrected chi connectivity index (χ4v) is 4.20. The molecule has 1 aromatic heterocycles. The third-order valence-electron chi connectivity index (χ3n) is 4.23. The predicted molar refractivity (Wildman–Crippen MR) is 105 cm³/mol. The quantitative estimate of drug-likeness (QED) is 0.660. The summed E-state index contributed by atoms with van der Waals surface area (Å²) in [6, 6.07) is 15.4. The molecule has 2 aromatic carbocycles. The van der Waals surface area contributed by atoms with E-state index in [1.807, 2.05) is 58.9 Å². The van der Waals surface area contributed by atoms with Crippen LogP contribution in [0, 0.1) is 6.92 Å². The van der Waals surface area contributed by atoms with Crippen molar-refractivity contribution in [3.8, 4) is 5.69 Å². The van der Waals surface area contributed by atoms with Crippen LogP contribution in [0.15, 0.2) is 53.0 Å². The van der Waals surface area contributed by atoms with Crippen molar-refractivity contribution in [2.24, 2.45) is 0 Å². The maximum atomic E-state index is 12.7. The van der Waals surface area contributed by atoms with Gasteiger partial charge in [-0.2, -0.15) is 16.9 Å². The zero-order valence-corrected chi connectivity index (χ0v) is 16.0. The highest BCUT2D eigenvalue weighted by Gasteiger charge is 2.25. The average molecular weight is 414 g/mol. The Labute approximate surface area is 158 Å². The second kappa shape index (κ2) is 6.69. The highest BCUT2D eigenvalue weighted by atomic mass is 79.9. The standard InChI is InChI=1S/C19H16BrN3OS/c1-12-4-2-3-5-17(12)23-18(15-10-25-11-16(15)22-23)21-19(24)13-6-8-14(20)9-7-13/h2-9H,10-11H2,1H3,(H,21,24). The van der Waals surface area contributed by atoms with Crippen molar-refractivity contribution in [3.05, 3.63) is 75.4 Å². The van der Waals surface area contributed by atoms with Crippen LogP contribution in [0.25, 0.3) is 5.69 Å². The number of amides is 1. The number of fused-ring (bicyclic) bond motifs is 1. The topological polar surface area (TPSA) is 46.9 Å². The fraction of sp³-hybridized carbons (Fsp3) is 0.158. The minimum Gasteiger partial charge on any atom is -0.306 e. The van der Waals surface area contributed by atoms with E-state index in [9.17, 15) is 4.79 Å². The van der Waals surface area contributed by atoms with Crippen molar-refractivity contribution in [3.63, 3.8) is 0 Å². The molecular formula is C19H16BrN3OS. The summed E-state index contributed by atoms with van der Waals surface area (Å²) < 4.78 is 2.82. The molecule has 0 atom stereocenters. The summed E-state index contributed by atoms with van der Waals surface area (Å²) in [4.78, 5) is 12.7. The van der Waals surface area contributed by atoms with Crippen LogP contribution in [0.2, 0.25) is 0 Å². The molecule has 1 amide bonds. The average Bonchev–Trinajstić information content (AvgIpc) is 3.19. The number of carbonyl (C=O) groups is 1. The summed E-state index contributed by atoms with van der Waals surface area (Å²) >= 11 is 5.22. The van der Waals surface area contributed by atoms with Gasteiger partial charge in [0.25, 0.3) is 5.91 Å². The Morgan fingerprint density at radius 3 is 2.68 bits per heavy atom. The van der Waals surface area contributed by atoms with Crippen LogP contribution in [-0.2, 0) is 11.5 Å². The molecule has 0 spiro atoms. The lowest BCUT2D eigenvalue weighted by molar-refractivity contribution is 0.102. The van der Waals surface area contributed by atoms with Crippen LogP contribution in [0.5, 0.6) is 0 Å². The molecule has 0 unspecified atom stereocenters. The molecule has 4 rings (SSSR count). The van der Waals surface area contributed by atoms with Crippen molar-refractivity contribution in [1.29, 1.82) is 0 Å². The molecule has 0 fully saturated rings. The van der Waals surface area contributed by atoms with Crippen LogP contribution >= 0.6 is 27.7 Å². The van der Waals surface area contributed by atoms with Gasteiger partial charge in [0.1, 0.15) is 5.82 Å². The van der Waals surface area contributed by atoms with E-state index < -0.39 is 0 Å². The SMILES string of the molecule is Cc1ccccc1-n1nc2c(c1NC(=O)c1ccc(Br)cc1)CSC2. The van der Waals surface area contributed by atoms with Gasteiger partial charge in [-0.3, -0.25) is 4.79 Å². The van der Waals surface area contributed by atoms with E-state index >= 15 is 0 Å². The Hall–Kier alpha value is -2.05. The zero-order valence-electron chi connectivity index (χ0n) is 13.6. The monoisotopic (exact) mass is 413 g/mol. The van der Waals surface area contributed by atoms with E-state index in [-0.39, 0.29) is 5.91 Å². The summed E-state index contributed by atoms with van der Waals surface area (Å²) in [5.74, 6) is 2.41. The summed E-state index contributed by atoms with van der Waals surface area (Å²) in [5.41, 5.74) is 4.92. The second-order valence-corrected chi connectivity index (χ2v) is 7.83. The molecule has 0 saturated heterocycles. The third-order valence-corrected chi connectivity index (χ3v) is 5.73. The number of hydrogen-bond donors (Lipinski definition) is 1. The molecule has 2 heterocycles. The normalized spacial score (nSPS) is 12.9. The molecular weight excluding hydrogens is 398 g/mol. The highest BCUT2D eigenvalue weighted by molar-refractivity contribution is 9.10. The van der Waals surface area contributed by atoms with E-state index in [0.717, 1.165) is 44.3 Å². The van der Waals surface area contributed by atoms with Crippen molar-refractivity contribution >= 4 is 39.4 Å². The first-order valence-electron chi connectivity index (χ1n) is 7.95. The number of aromatic nitrogens is 2. The molecule has 3 aromatic rings. The van der Waals surface area contributed by atoms with E-state index in [4.69, 9.17) is 5.10 Å². The smallest absolute Gasteiger partial charge is 0.256 e. The molecule has 25 heavy (non-hydrogen) atoms. The van der Waals surface area contributed by atoms with Crippen LogP contribution in [0.3, 0.4) is 0 Å². The number of para-hydroxylation sites is 1. The predicted octanol–water partition coefficient (Wildman–Crippen LogP) is 4.94. The van der Waals surface area contributed by atoms with E-state index in [1.54, 1.807) is 0 Å². The molecule has 0 radical (unpaired) electrons. The van der Waals surface area contributed by atoms with Gasteiger partial charge in [-0.1, -0.05) is 34.1 Å². The van der Waals surface area contributed by atoms with Gasteiger partial charge in [-0.05, 0) is 42.8 Å². The number of nitrogens with one attached hydrogen (secondary N) is 1. The van der Waals surface area contributed by atoms with Crippen molar-refractivity contribution in [1.82, 2.24) is 9.78 Å². The molecule has 1 aliphatic heterocycles. The largest absolute Gasteiger partial charge is 0.306 e. The Morgan fingerprint density at radius 2 is 1.92 bits per heavy atom. The van der Waals surface area contributed by atoms with Gasteiger partial charge in [0.05, 0.1) is 11.4 Å². The lowest BCUT2D eigenvalue weighted by Crippen LogP contribution is -2.16. The first-order chi connectivity index (χ1) is 12.1. The summed E-state index contributed by atoms with van der Waals surface area (Å²) in [6.45, 7) is 2.05. The second-order valence-electron chi connectivity index (χ2n) is 5.93. The fourth-order valence-electron chi connectivity index (χ4n) is 2.90. The number of halogens is 1. The number of rotatable bonds is 3. The van der Waals surface area contributed by atoms with Gasteiger partial charge in [-0.25, -0.2) is 4.68 Å². The number of hydrogen-bond acceptors (Lipinski definition) is 3. The first-order valence-corrected chi connectivity index (χ1v) is 9.89. The van der Waals surface area contributed by atoms with Gasteiger partial charge in [-0.15, -0.1) is 0 Å². The van der Waals surface area contributed by atoms with E-state index in [1.165, 1.54) is 0 Å². The number of benzene rings is 2. The molecule has 6 heteroatoms. The first kappa shape index (κ1) is 16.4. The Kier molecular flexibility index (Phi) is 4.39. The number of carbonyl (C=O) groups excluding carboxylic acids is 1. The number of thioether (sulfide) groups is 1. The van der Waals surface area contributed by atoms with Gasteiger partial charge in [0.2, 0.25) is 0 Å². The van der Waals surface area contributed by atoms with Crippen LogP contribution in [0.4, 0.5) is 5.82 Å². The third kappa shape index (κ3) is 3.12. The lowest BCUT2D eigenvalue weighted by atomic mass is 10.2. The molecule has 1 N–H and O–H groups in total. The molecule has 126 valence electrons. The van der Waals surface area contributed by atoms with Crippen molar-refractivity contribution in [2.75, 3.05) is 5.32 Å². The number of anilines is 1. The Morgan fingerprint density at radius 1 is 1.16 bits per heavy atom. The van der Waals surface area contributed by atoms with Crippen LogP contribution < -0.4 is 5.32 Å². The van der Waals surface area contributed by atoms with Crippen molar-refractivity contribution in [2.45, 2.75) is 18.4 Å². The van der Waals surface area contributed by atoms with Crippen molar-refractivity contribution < 1.29 is 4.79 Å². The molecule has 0 saturated carbocycles. The summed E-state index contributed by atoms with van der Waals surface area (Å²) in [6.07, 6.45) is 0. The van der Waals surface area contributed by atoms with Crippen LogP contribution in [0.1, 0.15) is 27.2 Å². The molecule has 0 aliphatic carbocycles. The Balaban J connectivity index is 1.75. The van der Waals surface area contributed by atoms with E-state index in [2.05, 4.69) is 34.2 Å². The van der Waals surface area contributed by atoms with Gasteiger partial charge < -0.3 is 5.32 Å². The lowest BCUT2D eigenvalue weighted by Gasteiger charge is -2.13. The Bertz CT molecular complexity index is 950. The molecule has 0 bridgehead atoms. The van der Waals surface area contributed by atoms with Gasteiger partial charge >= 0.3 is 0 Å². The number of aryl methyl sites for hydroxylation is 1. The maximum Gasteiger partial charge on any atom is 0.256 e. The minimum absolute atomic E-state index is 0.123. The minimum atomic E-state index is -0.123. The maximum absolute atomic E-state index is 12.7. The van der Waals surface area contributed by atoms with E-state index in [0.29, 0.717) is 5.56 Å². The van der Waals surface area contributed by atoms with Gasteiger partial charge in [0.15, 0.2) is 0 Å². The zero-order chi connectivity index (χ0) is 17.4. The molecule has 4 nitrogen and oxygen atoms in total. The number of nitrogens with zero attached hydrogens (tertiary/aromatic N) is 2. The van der Waals surface area contributed by atoms with Crippen LogP contribution in [-0.4, -0.2) is 15.7 Å². The van der Waals surface area contributed by atoms with Gasteiger partial charge in [0, 0.05) is 27.1 Å². The molecule has 1 aliphatic rings. The summed E-state index contributed by atoms with van der Waals surface area (Å²) in [7, 11) is 0. The highest BCUT2D eigenvalue weighted by Crippen LogP contribution is 2.36.